The summed E-state index contributed by atoms with van der Waals surface area (Å²) in [5.41, 5.74) is 7.76. The van der Waals surface area contributed by atoms with E-state index in [0.29, 0.717) is 67.1 Å². The number of urea groups is 1. The van der Waals surface area contributed by atoms with Crippen LogP contribution in [0.15, 0.2) is 73.3 Å². The number of piperidine rings is 2. The van der Waals surface area contributed by atoms with Crippen LogP contribution in [0.3, 0.4) is 0 Å². The average molecular weight is 901 g/mol. The third-order valence-electron chi connectivity index (χ3n) is 9.52. The number of carbonyl (C=O) groups excluding carboxylic acids is 4. The van der Waals surface area contributed by atoms with Gasteiger partial charge in [0, 0.05) is 61.5 Å². The lowest BCUT2D eigenvalue weighted by Gasteiger charge is -2.33. The molecule has 0 radical (unpaired) electrons. The summed E-state index contributed by atoms with van der Waals surface area (Å²) >= 11 is 0. The third kappa shape index (κ3) is 17.4. The van der Waals surface area contributed by atoms with E-state index in [1.165, 1.54) is 12.7 Å². The van der Waals surface area contributed by atoms with Gasteiger partial charge in [0.25, 0.3) is 0 Å². The first-order valence-corrected chi connectivity index (χ1v) is 21.5. The summed E-state index contributed by atoms with van der Waals surface area (Å²) in [4.78, 5) is 67.5. The number of anilines is 2. The van der Waals surface area contributed by atoms with Crippen molar-refractivity contribution in [2.24, 2.45) is 5.73 Å². The molecule has 0 bridgehead atoms. The molecule has 4 heterocycles. The molecule has 19 nitrogen and oxygen atoms in total. The number of likely N-dealkylation sites (tertiary alicyclic amines) is 2. The Kier molecular flexibility index (Phi) is 19.1. The molecule has 19 heteroatoms. The fourth-order valence-corrected chi connectivity index (χ4v) is 6.41. The Labute approximate surface area is 381 Å². The molecule has 2 aliphatic rings. The van der Waals surface area contributed by atoms with Crippen molar-refractivity contribution in [2.45, 2.75) is 97.4 Å². The smallest absolute Gasteiger partial charge is 0.412 e. The van der Waals surface area contributed by atoms with E-state index in [9.17, 15) is 19.2 Å². The van der Waals surface area contributed by atoms with Crippen LogP contribution >= 0.6 is 0 Å². The van der Waals surface area contributed by atoms with Gasteiger partial charge < -0.3 is 44.5 Å². The Hall–Kier alpha value is -6.76. The number of hydrogen-bond acceptors (Lipinski definition) is 14. The van der Waals surface area contributed by atoms with Crippen molar-refractivity contribution in [2.75, 3.05) is 57.6 Å². The number of hydrogen-bond donors (Lipinski definition) is 4. The van der Waals surface area contributed by atoms with Crippen molar-refractivity contribution >= 4 is 35.9 Å². The summed E-state index contributed by atoms with van der Waals surface area (Å²) in [6, 6.07) is 18.2. The van der Waals surface area contributed by atoms with Crippen molar-refractivity contribution in [3.8, 4) is 34.0 Å². The maximum atomic E-state index is 12.4. The Morgan fingerprint density at radius 2 is 1.09 bits per heavy atom. The van der Waals surface area contributed by atoms with Gasteiger partial charge in [-0.15, -0.1) is 0 Å². The number of para-hydroxylation sites is 2. The lowest BCUT2D eigenvalue weighted by molar-refractivity contribution is 0.0193. The number of nitrogens with zero attached hydrogens (tertiary/aromatic N) is 6. The summed E-state index contributed by atoms with van der Waals surface area (Å²) < 4.78 is 26.1. The van der Waals surface area contributed by atoms with Gasteiger partial charge in [-0.3, -0.25) is 10.6 Å². The predicted molar refractivity (Wildman–Crippen MR) is 247 cm³/mol. The molecule has 352 valence electrons. The topological polar surface area (TPSA) is 235 Å². The lowest BCUT2D eigenvalue weighted by atomic mass is 10.1. The molecule has 0 atom stereocenters. The summed E-state index contributed by atoms with van der Waals surface area (Å²) in [6.45, 7) is 15.7. The molecule has 65 heavy (non-hydrogen) atoms. The van der Waals surface area contributed by atoms with Crippen LogP contribution in [0, 0.1) is 0 Å². The van der Waals surface area contributed by atoms with Crippen LogP contribution in [0.5, 0.6) is 11.5 Å². The molecule has 0 saturated carbocycles. The van der Waals surface area contributed by atoms with Crippen molar-refractivity contribution in [3.63, 3.8) is 0 Å². The molecule has 2 saturated heterocycles. The second kappa shape index (κ2) is 24.3. The van der Waals surface area contributed by atoms with Gasteiger partial charge in [0.15, 0.2) is 0 Å². The quantitative estimate of drug-likeness (QED) is 0.124. The molecule has 4 aromatic rings. The van der Waals surface area contributed by atoms with E-state index < -0.39 is 17.3 Å². The minimum atomic E-state index is -0.544. The van der Waals surface area contributed by atoms with Gasteiger partial charge in [0.05, 0.1) is 32.2 Å². The standard InChI is InChI=1S/C22H29N5O4.C14H15N3O3.C10H20N2O2/c1-22(2,3)31-21(29)27-11-9-15(10-12-27)25-20(28)26-19-13-17(23-14-24-19)16-7-5-6-8-18(16)30-4;1-3-20-14(18)17-13-8-11(15-9-16-13)10-6-4-5-7-12(10)19-2;1-10(2,3)14-9(13)12-6-4-8(11)5-7-12/h5-8,13-15H,9-12H2,1-4H3,(H2,23,24,25,26,28);4-9H,3H2,1-2H3,(H,15,16,17,18);8H,4-7,11H2,1-3H3. The number of amides is 5. The van der Waals surface area contributed by atoms with E-state index in [0.717, 1.165) is 37.1 Å². The number of benzene rings is 2. The van der Waals surface area contributed by atoms with E-state index in [4.69, 9.17) is 29.4 Å². The molecule has 0 spiro atoms. The van der Waals surface area contributed by atoms with E-state index in [1.807, 2.05) is 90.1 Å². The zero-order valence-electron chi connectivity index (χ0n) is 38.9. The van der Waals surface area contributed by atoms with Gasteiger partial charge in [-0.1, -0.05) is 24.3 Å². The van der Waals surface area contributed by atoms with Gasteiger partial charge in [-0.05, 0) is 98.4 Å². The number of carbonyl (C=O) groups is 4. The minimum Gasteiger partial charge on any atom is -0.496 e. The summed E-state index contributed by atoms with van der Waals surface area (Å²) in [7, 11) is 3.19. The summed E-state index contributed by atoms with van der Waals surface area (Å²) in [5, 5.41) is 8.24. The van der Waals surface area contributed by atoms with E-state index in [2.05, 4.69) is 35.9 Å². The predicted octanol–water partition coefficient (Wildman–Crippen LogP) is 7.74. The Morgan fingerprint density at radius 3 is 1.52 bits per heavy atom. The summed E-state index contributed by atoms with van der Waals surface area (Å²) in [6.07, 6.45) is 4.76. The highest BCUT2D eigenvalue weighted by Gasteiger charge is 2.28. The number of ether oxygens (including phenoxy) is 5. The van der Waals surface area contributed by atoms with Crippen molar-refractivity contribution < 1.29 is 42.9 Å². The highest BCUT2D eigenvalue weighted by molar-refractivity contribution is 5.89. The molecule has 0 aliphatic carbocycles. The van der Waals surface area contributed by atoms with E-state index in [-0.39, 0.29) is 30.3 Å². The third-order valence-corrected chi connectivity index (χ3v) is 9.52. The first-order chi connectivity index (χ1) is 30.9. The van der Waals surface area contributed by atoms with Crippen LogP contribution in [0.4, 0.5) is 30.8 Å². The Morgan fingerprint density at radius 1 is 0.662 bits per heavy atom. The number of methoxy groups -OCH3 is 2. The molecule has 0 unspecified atom stereocenters. The Bertz CT molecular complexity index is 2160. The second-order valence-corrected chi connectivity index (χ2v) is 17.0. The Balaban J connectivity index is 0.000000233. The van der Waals surface area contributed by atoms with Crippen LogP contribution in [-0.4, -0.2) is 124 Å². The molecule has 5 amide bonds. The monoisotopic (exact) mass is 900 g/mol. The maximum Gasteiger partial charge on any atom is 0.412 e. The van der Waals surface area contributed by atoms with Crippen LogP contribution in [0.2, 0.25) is 0 Å². The van der Waals surface area contributed by atoms with Gasteiger partial charge >= 0.3 is 24.3 Å². The lowest BCUT2D eigenvalue weighted by Crippen LogP contribution is -2.48. The fourth-order valence-electron chi connectivity index (χ4n) is 6.41. The molecule has 6 rings (SSSR count). The normalized spacial score (nSPS) is 14.2. The van der Waals surface area contributed by atoms with Crippen LogP contribution in [0.1, 0.15) is 74.1 Å². The van der Waals surface area contributed by atoms with Crippen LogP contribution in [-0.2, 0) is 14.2 Å². The highest BCUT2D eigenvalue weighted by Crippen LogP contribution is 2.30. The fraction of sp³-hybridized carbons (Fsp3) is 0.478. The van der Waals surface area contributed by atoms with Crippen molar-refractivity contribution in [1.29, 1.82) is 0 Å². The highest BCUT2D eigenvalue weighted by atomic mass is 16.6. The molecule has 2 aromatic heterocycles. The minimum absolute atomic E-state index is 0.0331. The second-order valence-electron chi connectivity index (χ2n) is 17.0. The van der Waals surface area contributed by atoms with Gasteiger partial charge in [0.1, 0.15) is 47.0 Å². The van der Waals surface area contributed by atoms with Gasteiger partial charge in [-0.2, -0.15) is 0 Å². The molecule has 2 fully saturated rings. The zero-order valence-corrected chi connectivity index (χ0v) is 38.9. The average Bonchev–Trinajstić information content (AvgIpc) is 3.26. The maximum absolute atomic E-state index is 12.4. The number of nitrogens with one attached hydrogen (secondary N) is 3. The molecule has 5 N–H and O–H groups in total. The largest absolute Gasteiger partial charge is 0.496 e. The van der Waals surface area contributed by atoms with E-state index in [1.54, 1.807) is 43.1 Å². The van der Waals surface area contributed by atoms with Crippen LogP contribution in [0.25, 0.3) is 22.5 Å². The number of aromatic nitrogens is 4. The SMILES string of the molecule is CC(C)(C)OC(=O)N1CCC(N)CC1.CCOC(=O)Nc1cc(-c2ccccc2OC)ncn1.COc1ccccc1-c1cc(NC(=O)NC2CCN(C(=O)OC(C)(C)C)CC2)ncn1. The van der Waals surface area contributed by atoms with Gasteiger partial charge in [-0.25, -0.2) is 39.1 Å². The summed E-state index contributed by atoms with van der Waals surface area (Å²) in [5.74, 6) is 2.15. The zero-order chi connectivity index (χ0) is 47.6. The van der Waals surface area contributed by atoms with Gasteiger partial charge in [0.2, 0.25) is 0 Å². The molecule has 2 aliphatic heterocycles. The van der Waals surface area contributed by atoms with Crippen molar-refractivity contribution in [3.05, 3.63) is 73.3 Å². The molecular formula is C46H64N10O9. The van der Waals surface area contributed by atoms with Crippen molar-refractivity contribution in [1.82, 2.24) is 35.1 Å². The first-order valence-electron chi connectivity index (χ1n) is 21.5. The van der Waals surface area contributed by atoms with E-state index >= 15 is 0 Å². The number of rotatable bonds is 8. The first kappa shape index (κ1) is 50.9. The molecule has 2 aromatic carbocycles. The number of nitrogens with two attached hydrogens (primary N) is 1. The molecular weight excluding hydrogens is 837 g/mol. The van der Waals surface area contributed by atoms with Crippen LogP contribution < -0.4 is 31.2 Å².